The van der Waals surface area contributed by atoms with Crippen LogP contribution in [-0.4, -0.2) is 42.6 Å². The van der Waals surface area contributed by atoms with E-state index < -0.39 is 36.0 Å². The molecule has 1 aromatic rings. The zero-order valence-electron chi connectivity index (χ0n) is 21.6. The van der Waals surface area contributed by atoms with Crippen molar-refractivity contribution in [1.29, 1.82) is 0 Å². The van der Waals surface area contributed by atoms with Gasteiger partial charge in [-0.05, 0) is 42.9 Å². The fourth-order valence-electron chi connectivity index (χ4n) is 2.92. The van der Waals surface area contributed by atoms with Crippen molar-refractivity contribution in [2.24, 2.45) is 17.6 Å². The van der Waals surface area contributed by atoms with Crippen LogP contribution in [0.2, 0.25) is 0 Å². The van der Waals surface area contributed by atoms with Gasteiger partial charge in [0.1, 0.15) is 18.8 Å². The van der Waals surface area contributed by atoms with Gasteiger partial charge < -0.3 is 24.7 Å². The lowest BCUT2D eigenvalue weighted by Crippen LogP contribution is -2.37. The molecule has 0 aliphatic carbocycles. The fraction of sp³-hybridized carbons (Fsp3) is 0.615. The van der Waals surface area contributed by atoms with Crippen LogP contribution >= 0.6 is 0 Å². The normalized spacial score (nSPS) is 14.3. The van der Waals surface area contributed by atoms with Gasteiger partial charge in [0.2, 0.25) is 0 Å². The molecule has 1 rings (SSSR count). The number of rotatable bonds is 14. The Bertz CT molecular complexity index is 869. The monoisotopic (exact) mass is 493 g/mol. The summed E-state index contributed by atoms with van der Waals surface area (Å²) in [5, 5.41) is 0. The molecule has 2 N–H and O–H groups in total. The van der Waals surface area contributed by atoms with Gasteiger partial charge in [-0.25, -0.2) is 0 Å². The summed E-state index contributed by atoms with van der Waals surface area (Å²) in [6, 6.07) is 3.71. The molecule has 0 fully saturated rings. The Morgan fingerprint density at radius 2 is 1.43 bits per heavy atom. The molecule has 0 radical (unpaired) electrons. The molecule has 196 valence electrons. The molecule has 0 amide bonds. The first-order chi connectivity index (χ1) is 16.4. The van der Waals surface area contributed by atoms with Crippen LogP contribution in [0.15, 0.2) is 18.2 Å². The minimum Gasteiger partial charge on any atom is -0.462 e. The van der Waals surface area contributed by atoms with E-state index in [9.17, 15) is 19.2 Å². The van der Waals surface area contributed by atoms with Crippen LogP contribution < -0.4 is 15.2 Å². The molecule has 2 unspecified atom stereocenters. The van der Waals surface area contributed by atoms with Crippen molar-refractivity contribution in [2.45, 2.75) is 85.8 Å². The fourth-order valence-corrected chi connectivity index (χ4v) is 2.92. The van der Waals surface area contributed by atoms with E-state index in [0.717, 1.165) is 12.8 Å². The maximum Gasteiger partial charge on any atom is 0.323 e. The standard InChI is InChI=1S/C26H39NO8/c1-7-16(3)11-24(29)34-22-10-9-20(14-23(22)35-25(30)12-17(4)8-2)13-21(27)26(31)33-18(5)15-32-19(6)28/h9-10,14,16-18,21H,7-8,11-13,15,27H2,1-6H3/t16?,17?,18-,21-/m0/s1. The summed E-state index contributed by atoms with van der Waals surface area (Å²) >= 11 is 0. The lowest BCUT2D eigenvalue weighted by Gasteiger charge is -2.18. The summed E-state index contributed by atoms with van der Waals surface area (Å²) in [6.45, 7) is 10.6. The van der Waals surface area contributed by atoms with E-state index in [-0.39, 0.29) is 49.2 Å². The Kier molecular flexibility index (Phi) is 13.0. The van der Waals surface area contributed by atoms with Gasteiger partial charge in [0.25, 0.3) is 0 Å². The van der Waals surface area contributed by atoms with Crippen molar-refractivity contribution in [3.05, 3.63) is 23.8 Å². The highest BCUT2D eigenvalue weighted by Crippen LogP contribution is 2.30. The molecule has 35 heavy (non-hydrogen) atoms. The SMILES string of the molecule is CCC(C)CC(=O)Oc1ccc(C[C@H](N)C(=O)O[C@@H](C)COC(C)=O)cc1OC(=O)CC(C)CC. The van der Waals surface area contributed by atoms with Crippen molar-refractivity contribution in [2.75, 3.05) is 6.61 Å². The summed E-state index contributed by atoms with van der Waals surface area (Å²) in [4.78, 5) is 48.0. The van der Waals surface area contributed by atoms with Gasteiger partial charge in [-0.3, -0.25) is 19.2 Å². The van der Waals surface area contributed by atoms with E-state index in [1.54, 1.807) is 13.0 Å². The molecule has 9 heteroatoms. The lowest BCUT2D eigenvalue weighted by atomic mass is 10.0. The highest BCUT2D eigenvalue weighted by atomic mass is 16.6. The first kappa shape index (κ1) is 30.1. The number of carbonyl (C=O) groups excluding carboxylic acids is 4. The minimum absolute atomic E-state index is 0.0687. The van der Waals surface area contributed by atoms with Gasteiger partial charge in [0, 0.05) is 19.8 Å². The molecule has 0 heterocycles. The van der Waals surface area contributed by atoms with E-state index in [0.29, 0.717) is 5.56 Å². The van der Waals surface area contributed by atoms with Crippen LogP contribution in [0.3, 0.4) is 0 Å². The van der Waals surface area contributed by atoms with E-state index in [1.165, 1.54) is 19.1 Å². The van der Waals surface area contributed by atoms with E-state index >= 15 is 0 Å². The van der Waals surface area contributed by atoms with Crippen molar-refractivity contribution in [1.82, 2.24) is 0 Å². The number of benzene rings is 1. The number of ether oxygens (including phenoxy) is 4. The molecule has 0 aromatic heterocycles. The van der Waals surface area contributed by atoms with E-state index in [2.05, 4.69) is 0 Å². The highest BCUT2D eigenvalue weighted by molar-refractivity contribution is 5.77. The van der Waals surface area contributed by atoms with Gasteiger partial charge in [-0.15, -0.1) is 0 Å². The van der Waals surface area contributed by atoms with Crippen LogP contribution in [0.25, 0.3) is 0 Å². The first-order valence-corrected chi connectivity index (χ1v) is 12.1. The maximum absolute atomic E-state index is 12.4. The molecular weight excluding hydrogens is 454 g/mol. The Morgan fingerprint density at radius 1 is 0.886 bits per heavy atom. The molecule has 0 saturated heterocycles. The van der Waals surface area contributed by atoms with Crippen LogP contribution in [0.4, 0.5) is 0 Å². The molecule has 1 aromatic carbocycles. The molecule has 9 nitrogen and oxygen atoms in total. The Balaban J connectivity index is 2.97. The molecule has 0 saturated carbocycles. The van der Waals surface area contributed by atoms with Crippen LogP contribution in [-0.2, 0) is 35.1 Å². The highest BCUT2D eigenvalue weighted by Gasteiger charge is 2.22. The minimum atomic E-state index is -1.00. The summed E-state index contributed by atoms with van der Waals surface area (Å²) in [7, 11) is 0. The third-order valence-electron chi connectivity index (χ3n) is 5.48. The van der Waals surface area contributed by atoms with Gasteiger partial charge in [0.05, 0.1) is 0 Å². The topological polar surface area (TPSA) is 131 Å². The van der Waals surface area contributed by atoms with Crippen LogP contribution in [0.5, 0.6) is 11.5 Å². The average molecular weight is 494 g/mol. The molecule has 4 atom stereocenters. The first-order valence-electron chi connectivity index (χ1n) is 12.1. The number of carbonyl (C=O) groups is 4. The Hall–Kier alpha value is -2.94. The van der Waals surface area contributed by atoms with Crippen molar-refractivity contribution in [3.8, 4) is 11.5 Å². The Labute approximate surface area is 207 Å². The quantitative estimate of drug-likeness (QED) is 0.304. The second-order valence-corrected chi connectivity index (χ2v) is 9.03. The zero-order valence-corrected chi connectivity index (χ0v) is 21.6. The van der Waals surface area contributed by atoms with Gasteiger partial charge in [-0.1, -0.05) is 46.6 Å². The second kappa shape index (κ2) is 15.1. The molecule has 0 bridgehead atoms. The van der Waals surface area contributed by atoms with Crippen LogP contribution in [0, 0.1) is 11.8 Å². The molecule has 0 aliphatic rings. The summed E-state index contributed by atoms with van der Waals surface area (Å²) in [5.74, 6) is -1.49. The third-order valence-corrected chi connectivity index (χ3v) is 5.48. The Morgan fingerprint density at radius 3 is 1.94 bits per heavy atom. The number of hydrogen-bond acceptors (Lipinski definition) is 9. The summed E-state index contributed by atoms with van der Waals surface area (Å²) in [6.07, 6.45) is 1.54. The number of esters is 4. The van der Waals surface area contributed by atoms with Crippen molar-refractivity contribution >= 4 is 23.9 Å². The maximum atomic E-state index is 12.4. The van der Waals surface area contributed by atoms with Crippen molar-refractivity contribution in [3.63, 3.8) is 0 Å². The van der Waals surface area contributed by atoms with Gasteiger partial charge in [-0.2, -0.15) is 0 Å². The molecule has 0 spiro atoms. The number of hydrogen-bond donors (Lipinski definition) is 1. The van der Waals surface area contributed by atoms with Crippen molar-refractivity contribution < 1.29 is 38.1 Å². The van der Waals surface area contributed by atoms with E-state index in [1.807, 2.05) is 27.7 Å². The van der Waals surface area contributed by atoms with Gasteiger partial charge >= 0.3 is 23.9 Å². The molecular formula is C26H39NO8. The second-order valence-electron chi connectivity index (χ2n) is 9.03. The van der Waals surface area contributed by atoms with Crippen LogP contribution in [0.1, 0.15) is 72.8 Å². The van der Waals surface area contributed by atoms with E-state index in [4.69, 9.17) is 24.7 Å². The summed E-state index contributed by atoms with van der Waals surface area (Å²) < 4.78 is 21.0. The smallest absolute Gasteiger partial charge is 0.323 e. The summed E-state index contributed by atoms with van der Waals surface area (Å²) in [5.41, 5.74) is 6.59. The molecule has 0 aliphatic heterocycles. The predicted molar refractivity (Wildman–Crippen MR) is 130 cm³/mol. The zero-order chi connectivity index (χ0) is 26.5. The largest absolute Gasteiger partial charge is 0.462 e. The average Bonchev–Trinajstić information content (AvgIpc) is 2.78. The van der Waals surface area contributed by atoms with Gasteiger partial charge in [0.15, 0.2) is 11.5 Å². The lowest BCUT2D eigenvalue weighted by molar-refractivity contribution is -0.157. The predicted octanol–water partition coefficient (Wildman–Crippen LogP) is 3.73. The number of nitrogens with two attached hydrogens (primary N) is 1. The third kappa shape index (κ3) is 11.8.